The summed E-state index contributed by atoms with van der Waals surface area (Å²) >= 11 is 0. The number of aromatic nitrogens is 2. The highest BCUT2D eigenvalue weighted by Crippen LogP contribution is 2.16. The van der Waals surface area contributed by atoms with E-state index in [1.165, 1.54) is 6.42 Å². The number of benzene rings is 1. The largest absolute Gasteiger partial charge is 0.341 e. The van der Waals surface area contributed by atoms with Gasteiger partial charge in [0.05, 0.1) is 12.4 Å². The molecular weight excluding hydrogens is 378 g/mol. The van der Waals surface area contributed by atoms with Gasteiger partial charge >= 0.3 is 0 Å². The zero-order valence-electron chi connectivity index (χ0n) is 17.7. The number of likely N-dealkylation sites (tertiary alicyclic amines) is 1. The van der Waals surface area contributed by atoms with Gasteiger partial charge in [0.25, 0.3) is 5.91 Å². The molecule has 0 N–H and O–H groups in total. The Labute approximate surface area is 178 Å². The Morgan fingerprint density at radius 1 is 0.933 bits per heavy atom. The SMILES string of the molecule is CC(C(=O)N1CCCCC1)N1CCN(C(=O)c2ccc(Cn3ccnc3)cc2)CC1. The van der Waals surface area contributed by atoms with Crippen LogP contribution in [0.4, 0.5) is 0 Å². The molecule has 2 aliphatic heterocycles. The number of amides is 2. The monoisotopic (exact) mass is 409 g/mol. The van der Waals surface area contributed by atoms with Crippen LogP contribution in [0.2, 0.25) is 0 Å². The topological polar surface area (TPSA) is 61.7 Å². The Morgan fingerprint density at radius 3 is 2.27 bits per heavy atom. The van der Waals surface area contributed by atoms with E-state index in [0.717, 1.165) is 56.7 Å². The molecule has 0 bridgehead atoms. The number of hydrogen-bond acceptors (Lipinski definition) is 4. The molecule has 7 nitrogen and oxygen atoms in total. The highest BCUT2D eigenvalue weighted by molar-refractivity contribution is 5.94. The normalized spacial score (nSPS) is 19.0. The lowest BCUT2D eigenvalue weighted by molar-refractivity contribution is -0.137. The van der Waals surface area contributed by atoms with Crippen molar-refractivity contribution in [3.05, 3.63) is 54.1 Å². The van der Waals surface area contributed by atoms with Crippen LogP contribution >= 0.6 is 0 Å². The van der Waals surface area contributed by atoms with Gasteiger partial charge in [0.2, 0.25) is 5.91 Å². The quantitative estimate of drug-likeness (QED) is 0.759. The molecule has 0 radical (unpaired) electrons. The summed E-state index contributed by atoms with van der Waals surface area (Å²) in [6.07, 6.45) is 8.93. The van der Waals surface area contributed by atoms with Gasteiger partial charge in [-0.2, -0.15) is 0 Å². The summed E-state index contributed by atoms with van der Waals surface area (Å²) < 4.78 is 2.00. The van der Waals surface area contributed by atoms with Crippen molar-refractivity contribution >= 4 is 11.8 Å². The lowest BCUT2D eigenvalue weighted by Crippen LogP contribution is -2.56. The molecule has 2 aromatic rings. The van der Waals surface area contributed by atoms with Crippen molar-refractivity contribution in [2.24, 2.45) is 0 Å². The first-order valence-corrected chi connectivity index (χ1v) is 11.0. The average molecular weight is 410 g/mol. The maximum atomic E-state index is 12.9. The van der Waals surface area contributed by atoms with Crippen LogP contribution in [0, 0.1) is 0 Å². The maximum absolute atomic E-state index is 12.9. The Hall–Kier alpha value is -2.67. The predicted octanol–water partition coefficient (Wildman–Crippen LogP) is 2.09. The van der Waals surface area contributed by atoms with Gasteiger partial charge in [0.15, 0.2) is 0 Å². The molecule has 0 saturated carbocycles. The van der Waals surface area contributed by atoms with Crippen molar-refractivity contribution in [2.45, 2.75) is 38.8 Å². The summed E-state index contributed by atoms with van der Waals surface area (Å²) in [5.41, 5.74) is 1.86. The third kappa shape index (κ3) is 4.73. The molecule has 1 aromatic carbocycles. The molecular formula is C23H31N5O2. The molecule has 1 atom stereocenters. The minimum Gasteiger partial charge on any atom is -0.341 e. The molecule has 0 spiro atoms. The van der Waals surface area contributed by atoms with E-state index in [2.05, 4.69) is 9.88 Å². The maximum Gasteiger partial charge on any atom is 0.253 e. The van der Waals surface area contributed by atoms with Gasteiger partial charge in [0.1, 0.15) is 0 Å². The second-order valence-corrected chi connectivity index (χ2v) is 8.32. The Balaban J connectivity index is 1.29. The third-order valence-corrected chi connectivity index (χ3v) is 6.30. The Morgan fingerprint density at radius 2 is 1.63 bits per heavy atom. The summed E-state index contributed by atoms with van der Waals surface area (Å²) in [5, 5.41) is 0. The highest BCUT2D eigenvalue weighted by Gasteiger charge is 2.30. The van der Waals surface area contributed by atoms with Crippen molar-refractivity contribution < 1.29 is 9.59 Å². The molecule has 2 fully saturated rings. The number of hydrogen-bond donors (Lipinski definition) is 0. The van der Waals surface area contributed by atoms with Crippen molar-refractivity contribution in [3.8, 4) is 0 Å². The first-order chi connectivity index (χ1) is 14.6. The second-order valence-electron chi connectivity index (χ2n) is 8.32. The molecule has 3 heterocycles. The molecule has 1 unspecified atom stereocenters. The second kappa shape index (κ2) is 9.43. The molecule has 160 valence electrons. The number of imidazole rings is 1. The van der Waals surface area contributed by atoms with Gasteiger partial charge in [-0.15, -0.1) is 0 Å². The number of carbonyl (C=O) groups excluding carboxylic acids is 2. The Kier molecular flexibility index (Phi) is 6.47. The zero-order chi connectivity index (χ0) is 20.9. The van der Waals surface area contributed by atoms with E-state index in [0.29, 0.717) is 13.1 Å². The summed E-state index contributed by atoms with van der Waals surface area (Å²) in [7, 11) is 0. The van der Waals surface area contributed by atoms with Gasteiger partial charge in [-0.25, -0.2) is 4.98 Å². The molecule has 4 rings (SSSR count). The van der Waals surface area contributed by atoms with Gasteiger partial charge in [0, 0.05) is 63.8 Å². The van der Waals surface area contributed by atoms with Crippen molar-refractivity contribution in [1.82, 2.24) is 24.3 Å². The molecule has 2 amide bonds. The molecule has 7 heteroatoms. The van der Waals surface area contributed by atoms with Crippen LogP contribution in [0.1, 0.15) is 42.1 Å². The van der Waals surface area contributed by atoms with E-state index in [-0.39, 0.29) is 17.9 Å². The van der Waals surface area contributed by atoms with E-state index >= 15 is 0 Å². The summed E-state index contributed by atoms with van der Waals surface area (Å²) in [4.78, 5) is 35.9. The van der Waals surface area contributed by atoms with Crippen molar-refractivity contribution in [2.75, 3.05) is 39.3 Å². The zero-order valence-corrected chi connectivity index (χ0v) is 17.7. The van der Waals surface area contributed by atoms with Crippen molar-refractivity contribution in [3.63, 3.8) is 0 Å². The van der Waals surface area contributed by atoms with Gasteiger partial charge in [-0.05, 0) is 43.9 Å². The fraction of sp³-hybridized carbons (Fsp3) is 0.522. The fourth-order valence-electron chi connectivity index (χ4n) is 4.37. The van der Waals surface area contributed by atoms with E-state index < -0.39 is 0 Å². The van der Waals surface area contributed by atoms with Gasteiger partial charge in [-0.1, -0.05) is 12.1 Å². The van der Waals surface area contributed by atoms with Crippen LogP contribution in [0.3, 0.4) is 0 Å². The summed E-state index contributed by atoms with van der Waals surface area (Å²) in [5.74, 6) is 0.307. The minimum atomic E-state index is -0.109. The van der Waals surface area contributed by atoms with E-state index in [4.69, 9.17) is 0 Å². The van der Waals surface area contributed by atoms with Crippen molar-refractivity contribution in [1.29, 1.82) is 0 Å². The fourth-order valence-corrected chi connectivity index (χ4v) is 4.37. The van der Waals surface area contributed by atoms with Crippen LogP contribution in [-0.4, -0.2) is 81.4 Å². The van der Waals surface area contributed by atoms with E-state index in [1.807, 2.05) is 51.8 Å². The number of carbonyl (C=O) groups is 2. The summed E-state index contributed by atoms with van der Waals surface area (Å²) in [6.45, 7) is 7.33. The number of piperazine rings is 1. The van der Waals surface area contributed by atoms with Gasteiger partial charge < -0.3 is 14.4 Å². The first-order valence-electron chi connectivity index (χ1n) is 11.0. The molecule has 1 aromatic heterocycles. The van der Waals surface area contributed by atoms with Crippen LogP contribution in [0.15, 0.2) is 43.0 Å². The number of nitrogens with zero attached hydrogens (tertiary/aromatic N) is 5. The van der Waals surface area contributed by atoms with E-state index in [1.54, 1.807) is 12.5 Å². The molecule has 2 saturated heterocycles. The number of piperidine rings is 1. The highest BCUT2D eigenvalue weighted by atomic mass is 16.2. The first kappa shape index (κ1) is 20.6. The molecule has 0 aliphatic carbocycles. The summed E-state index contributed by atoms with van der Waals surface area (Å²) in [6, 6.07) is 7.71. The van der Waals surface area contributed by atoms with Crippen LogP contribution in [0.5, 0.6) is 0 Å². The number of rotatable bonds is 5. The minimum absolute atomic E-state index is 0.0684. The van der Waals surface area contributed by atoms with Crippen LogP contribution < -0.4 is 0 Å². The lowest BCUT2D eigenvalue weighted by Gasteiger charge is -2.39. The Bertz CT molecular complexity index is 835. The third-order valence-electron chi connectivity index (χ3n) is 6.30. The molecule has 30 heavy (non-hydrogen) atoms. The predicted molar refractivity (Wildman–Crippen MR) is 115 cm³/mol. The van der Waals surface area contributed by atoms with Gasteiger partial charge in [-0.3, -0.25) is 14.5 Å². The average Bonchev–Trinajstić information content (AvgIpc) is 3.32. The lowest BCUT2D eigenvalue weighted by atomic mass is 10.1. The van der Waals surface area contributed by atoms with Crippen LogP contribution in [-0.2, 0) is 11.3 Å². The molecule has 2 aliphatic rings. The smallest absolute Gasteiger partial charge is 0.253 e. The standard InChI is InChI=1S/C23H31N5O2/c1-19(22(29)27-10-3-2-4-11-27)26-13-15-28(16-14-26)23(30)21-7-5-20(6-8-21)17-25-12-9-24-18-25/h5-9,12,18-19H,2-4,10-11,13-17H2,1H3. The van der Waals surface area contributed by atoms with E-state index in [9.17, 15) is 9.59 Å². The van der Waals surface area contributed by atoms with Crippen LogP contribution in [0.25, 0.3) is 0 Å².